The molecule has 2 aromatic carbocycles. The van der Waals surface area contributed by atoms with Crippen LogP contribution in [0.2, 0.25) is 0 Å². The van der Waals surface area contributed by atoms with Gasteiger partial charge in [0.15, 0.2) is 17.5 Å². The summed E-state index contributed by atoms with van der Waals surface area (Å²) in [5.41, 5.74) is 0.501. The molecule has 37 heavy (non-hydrogen) atoms. The van der Waals surface area contributed by atoms with Crippen molar-refractivity contribution in [3.63, 3.8) is 0 Å². The van der Waals surface area contributed by atoms with E-state index in [1.807, 2.05) is 0 Å². The Morgan fingerprint density at radius 1 is 1.08 bits per heavy atom. The van der Waals surface area contributed by atoms with Crippen LogP contribution < -0.4 is 10.1 Å². The van der Waals surface area contributed by atoms with Crippen LogP contribution in [0, 0.1) is 28.7 Å². The Morgan fingerprint density at radius 3 is 2.43 bits per heavy atom. The lowest BCUT2D eigenvalue weighted by atomic mass is 9.74. The number of pyridine rings is 1. The number of aromatic nitrogens is 1. The lowest BCUT2D eigenvalue weighted by molar-refractivity contribution is 0.0244. The maximum atomic E-state index is 14.7. The van der Waals surface area contributed by atoms with Gasteiger partial charge < -0.3 is 25.2 Å². The zero-order valence-corrected chi connectivity index (χ0v) is 20.6. The van der Waals surface area contributed by atoms with E-state index in [9.17, 15) is 27.8 Å². The molecular formula is C27H31F4N3O3. The fourth-order valence-corrected chi connectivity index (χ4v) is 4.97. The highest BCUT2D eigenvalue weighted by molar-refractivity contribution is 5.84. The molecule has 200 valence electrons. The van der Waals surface area contributed by atoms with Gasteiger partial charge in [0.25, 0.3) is 0 Å². The van der Waals surface area contributed by atoms with Crippen LogP contribution in [0.1, 0.15) is 37.4 Å². The Kier molecular flexibility index (Phi) is 8.51. The number of methoxy groups -OCH3 is 1. The Balaban J connectivity index is 1.32. The van der Waals surface area contributed by atoms with Crippen molar-refractivity contribution in [1.29, 1.82) is 0 Å². The molecule has 1 aromatic heterocycles. The second-order valence-electron chi connectivity index (χ2n) is 9.64. The molecule has 0 radical (unpaired) electrons. The maximum Gasteiger partial charge on any atom is 0.194 e. The van der Waals surface area contributed by atoms with Crippen LogP contribution in [0.5, 0.6) is 5.75 Å². The number of likely N-dealkylation sites (tertiary alicyclic amines) is 1. The predicted molar refractivity (Wildman–Crippen MR) is 132 cm³/mol. The largest absolute Gasteiger partial charge is 0.497 e. The number of piperidine rings is 1. The number of fused-ring (bicyclic) bond motifs is 1. The van der Waals surface area contributed by atoms with Crippen LogP contribution in [0.3, 0.4) is 0 Å². The highest BCUT2D eigenvalue weighted by atomic mass is 19.2. The highest BCUT2D eigenvalue weighted by Gasteiger charge is 2.34. The Labute approximate surface area is 212 Å². The number of benzene rings is 2. The van der Waals surface area contributed by atoms with Crippen LogP contribution in [0.4, 0.5) is 23.2 Å². The number of aliphatic hydroxyl groups excluding tert-OH is 2. The zero-order valence-electron chi connectivity index (χ0n) is 20.6. The van der Waals surface area contributed by atoms with Crippen molar-refractivity contribution < 1.29 is 32.5 Å². The fraction of sp³-hybridized carbons (Fsp3) is 0.444. The normalized spacial score (nSPS) is 16.6. The Hall–Kier alpha value is -2.95. The van der Waals surface area contributed by atoms with Crippen molar-refractivity contribution in [1.82, 2.24) is 9.88 Å². The molecular weight excluding hydrogens is 490 g/mol. The van der Waals surface area contributed by atoms with Crippen LogP contribution in [0.25, 0.3) is 10.9 Å². The zero-order chi connectivity index (χ0) is 26.6. The van der Waals surface area contributed by atoms with Gasteiger partial charge in [-0.05, 0) is 62.4 Å². The van der Waals surface area contributed by atoms with Gasteiger partial charge in [-0.3, -0.25) is 4.98 Å². The number of hydrogen-bond donors (Lipinski definition) is 3. The first-order chi connectivity index (χ1) is 17.7. The number of hydrogen-bond acceptors (Lipinski definition) is 6. The summed E-state index contributed by atoms with van der Waals surface area (Å²) in [4.78, 5) is 6.26. The molecule has 0 spiro atoms. The molecule has 1 aliphatic heterocycles. The van der Waals surface area contributed by atoms with Gasteiger partial charge in [0, 0.05) is 48.5 Å². The van der Waals surface area contributed by atoms with Gasteiger partial charge in [0.05, 0.1) is 24.9 Å². The number of nitrogens with zero attached hydrogens (tertiary/aromatic N) is 2. The summed E-state index contributed by atoms with van der Waals surface area (Å²) in [7, 11) is 1.51. The predicted octanol–water partition coefficient (Wildman–Crippen LogP) is 4.80. The number of aliphatic hydroxyl groups is 2. The molecule has 6 nitrogen and oxygen atoms in total. The van der Waals surface area contributed by atoms with Gasteiger partial charge in [0.1, 0.15) is 11.6 Å². The van der Waals surface area contributed by atoms with E-state index in [4.69, 9.17) is 4.74 Å². The average molecular weight is 522 g/mol. The molecule has 0 bridgehead atoms. The van der Waals surface area contributed by atoms with Crippen LogP contribution in [-0.4, -0.2) is 60.0 Å². The third-order valence-corrected chi connectivity index (χ3v) is 7.34. The summed E-state index contributed by atoms with van der Waals surface area (Å²) >= 11 is 0. The quantitative estimate of drug-likeness (QED) is 0.263. The molecule has 3 aromatic rings. The van der Waals surface area contributed by atoms with Gasteiger partial charge in [-0.25, -0.2) is 17.6 Å². The van der Waals surface area contributed by atoms with Gasteiger partial charge in [-0.2, -0.15) is 0 Å². The topological polar surface area (TPSA) is 77.8 Å². The Morgan fingerprint density at radius 2 is 1.78 bits per heavy atom. The van der Waals surface area contributed by atoms with E-state index in [0.29, 0.717) is 62.1 Å². The van der Waals surface area contributed by atoms with Gasteiger partial charge in [0.2, 0.25) is 0 Å². The lowest BCUT2D eigenvalue weighted by Gasteiger charge is -2.41. The van der Waals surface area contributed by atoms with Gasteiger partial charge in [-0.1, -0.05) is 0 Å². The molecule has 0 unspecified atom stereocenters. The SMILES string of the molecule is COc1ccc2ncc(F)c([C@H](O)CCC3(CO)CCN(CCNc4cc(F)c(F)c(F)c4)CC3)c2c1. The van der Waals surface area contributed by atoms with E-state index in [1.54, 1.807) is 18.2 Å². The number of nitrogens with one attached hydrogen (secondary N) is 1. The second-order valence-corrected chi connectivity index (χ2v) is 9.64. The number of ether oxygens (including phenoxy) is 1. The van der Waals surface area contributed by atoms with Crippen molar-refractivity contribution in [2.45, 2.75) is 31.8 Å². The monoisotopic (exact) mass is 521 g/mol. The van der Waals surface area contributed by atoms with Crippen molar-refractivity contribution in [3.05, 3.63) is 65.4 Å². The summed E-state index contributed by atoms with van der Waals surface area (Å²) in [5.74, 6) is -4.03. The number of anilines is 1. The average Bonchev–Trinajstić information content (AvgIpc) is 2.90. The summed E-state index contributed by atoms with van der Waals surface area (Å²) in [6.45, 7) is 2.34. The number of rotatable bonds is 10. The molecule has 2 heterocycles. The van der Waals surface area contributed by atoms with E-state index in [2.05, 4.69) is 15.2 Å². The molecule has 0 amide bonds. The minimum Gasteiger partial charge on any atom is -0.497 e. The first kappa shape index (κ1) is 27.1. The molecule has 1 fully saturated rings. The summed E-state index contributed by atoms with van der Waals surface area (Å²) in [6.07, 6.45) is 2.19. The summed E-state index contributed by atoms with van der Waals surface area (Å²) in [6, 6.07) is 6.94. The first-order valence-corrected chi connectivity index (χ1v) is 12.3. The Bertz CT molecular complexity index is 1210. The van der Waals surface area contributed by atoms with Crippen molar-refractivity contribution in [3.8, 4) is 5.75 Å². The van der Waals surface area contributed by atoms with E-state index < -0.39 is 34.8 Å². The minimum atomic E-state index is -1.49. The van der Waals surface area contributed by atoms with Crippen LogP contribution >= 0.6 is 0 Å². The molecule has 0 saturated carbocycles. The fourth-order valence-electron chi connectivity index (χ4n) is 4.97. The van der Waals surface area contributed by atoms with Crippen LogP contribution in [-0.2, 0) is 0 Å². The molecule has 1 atom stereocenters. The van der Waals surface area contributed by atoms with Crippen molar-refractivity contribution in [2.75, 3.05) is 45.2 Å². The molecule has 0 aliphatic carbocycles. The van der Waals surface area contributed by atoms with E-state index in [1.165, 1.54) is 7.11 Å². The standard InChI is InChI=1S/C27H31F4N3O3/c1-37-18-2-3-23-19(14-18)25(22(30)15-33-23)24(36)4-5-27(16-35)6-9-34(10-7-27)11-8-32-17-12-20(28)26(31)21(29)13-17/h2-3,12-15,24,32,35-36H,4-11,16H2,1H3/t24-/m1/s1. The number of halogens is 4. The van der Waals surface area contributed by atoms with E-state index in [-0.39, 0.29) is 24.3 Å². The smallest absolute Gasteiger partial charge is 0.194 e. The highest BCUT2D eigenvalue weighted by Crippen LogP contribution is 2.39. The second kappa shape index (κ2) is 11.6. The van der Waals surface area contributed by atoms with Crippen molar-refractivity contribution >= 4 is 16.6 Å². The molecule has 4 rings (SSSR count). The van der Waals surface area contributed by atoms with Crippen molar-refractivity contribution in [2.24, 2.45) is 5.41 Å². The summed E-state index contributed by atoms with van der Waals surface area (Å²) in [5, 5.41) is 24.5. The summed E-state index contributed by atoms with van der Waals surface area (Å²) < 4.78 is 59.8. The van der Waals surface area contributed by atoms with E-state index >= 15 is 0 Å². The third-order valence-electron chi connectivity index (χ3n) is 7.34. The van der Waals surface area contributed by atoms with E-state index in [0.717, 1.165) is 18.3 Å². The van der Waals surface area contributed by atoms with Gasteiger partial charge >= 0.3 is 0 Å². The van der Waals surface area contributed by atoms with Crippen LogP contribution in [0.15, 0.2) is 36.5 Å². The first-order valence-electron chi connectivity index (χ1n) is 12.3. The third kappa shape index (κ3) is 6.14. The lowest BCUT2D eigenvalue weighted by Crippen LogP contribution is -2.43. The molecule has 10 heteroatoms. The molecule has 3 N–H and O–H groups in total. The minimum absolute atomic E-state index is 0.0483. The molecule has 1 aliphatic rings. The molecule has 1 saturated heterocycles. The maximum absolute atomic E-state index is 14.7. The van der Waals surface area contributed by atoms with Gasteiger partial charge in [-0.15, -0.1) is 0 Å².